The number of guanidine groups is 1. The summed E-state index contributed by atoms with van der Waals surface area (Å²) in [5.41, 5.74) is 18.5. The van der Waals surface area contributed by atoms with Gasteiger partial charge in [0, 0.05) is 5.69 Å². The summed E-state index contributed by atoms with van der Waals surface area (Å²) >= 11 is 0. The van der Waals surface area contributed by atoms with E-state index in [4.69, 9.17) is 17.2 Å². The van der Waals surface area contributed by atoms with E-state index in [1.807, 2.05) is 0 Å². The van der Waals surface area contributed by atoms with Crippen LogP contribution in [0.5, 0.6) is 0 Å². The van der Waals surface area contributed by atoms with Crippen molar-refractivity contribution in [2.45, 2.75) is 0 Å². The highest BCUT2D eigenvalue weighted by molar-refractivity contribution is 5.99. The van der Waals surface area contributed by atoms with Gasteiger partial charge in [-0.3, -0.25) is 4.79 Å². The van der Waals surface area contributed by atoms with Gasteiger partial charge in [-0.15, -0.1) is 5.10 Å². The number of benzene rings is 1. The van der Waals surface area contributed by atoms with Gasteiger partial charge in [0.15, 0.2) is 0 Å². The molecule has 0 spiro atoms. The second-order valence-electron chi connectivity index (χ2n) is 2.56. The van der Waals surface area contributed by atoms with Crippen molar-refractivity contribution in [1.82, 2.24) is 5.43 Å². The predicted octanol–water partition coefficient (Wildman–Crippen LogP) is -0.813. The Bertz CT molecular complexity index is 370. The summed E-state index contributed by atoms with van der Waals surface area (Å²) in [6.07, 6.45) is 0. The number of nitrogens with zero attached hydrogens (tertiary/aromatic N) is 1. The molecule has 1 aromatic rings. The Balaban J connectivity index is 2.80. The molecule has 7 N–H and O–H groups in total. The van der Waals surface area contributed by atoms with Crippen LogP contribution in [0.4, 0.5) is 5.69 Å². The molecule has 0 radical (unpaired) electrons. The van der Waals surface area contributed by atoms with Gasteiger partial charge in [-0.25, -0.2) is 5.43 Å². The lowest BCUT2D eigenvalue weighted by Crippen LogP contribution is -2.29. The third kappa shape index (κ3) is 2.37. The number of para-hydroxylation sites is 1. The van der Waals surface area contributed by atoms with Crippen LogP contribution in [0.2, 0.25) is 0 Å². The third-order valence-corrected chi connectivity index (χ3v) is 1.49. The fraction of sp³-hybridized carbons (Fsp3) is 0. The molecule has 0 aliphatic heterocycles. The van der Waals surface area contributed by atoms with Crippen LogP contribution in [0.15, 0.2) is 29.4 Å². The molecule has 0 saturated carbocycles. The molecule has 74 valence electrons. The van der Waals surface area contributed by atoms with Gasteiger partial charge in [-0.05, 0) is 12.1 Å². The minimum absolute atomic E-state index is 0.215. The lowest BCUT2D eigenvalue weighted by molar-refractivity contribution is 0.0955. The smallest absolute Gasteiger partial charge is 0.273 e. The maximum Gasteiger partial charge on any atom is 0.273 e. The SMILES string of the molecule is NC(N)=NNC(=O)c1ccccc1N. The van der Waals surface area contributed by atoms with Crippen molar-refractivity contribution in [2.75, 3.05) is 5.73 Å². The van der Waals surface area contributed by atoms with E-state index in [-0.39, 0.29) is 5.96 Å². The van der Waals surface area contributed by atoms with Crippen molar-refractivity contribution in [3.8, 4) is 0 Å². The van der Waals surface area contributed by atoms with Crippen molar-refractivity contribution < 1.29 is 4.79 Å². The molecule has 0 fully saturated rings. The van der Waals surface area contributed by atoms with E-state index in [0.717, 1.165) is 0 Å². The first kappa shape index (κ1) is 9.85. The predicted molar refractivity (Wildman–Crippen MR) is 54.1 cm³/mol. The molecular weight excluding hydrogens is 182 g/mol. The number of anilines is 1. The number of hydrogen-bond acceptors (Lipinski definition) is 3. The molecule has 0 heterocycles. The molecule has 0 bridgehead atoms. The van der Waals surface area contributed by atoms with Gasteiger partial charge < -0.3 is 17.2 Å². The maximum absolute atomic E-state index is 11.4. The number of nitrogen functional groups attached to an aromatic ring is 1. The van der Waals surface area contributed by atoms with Crippen molar-refractivity contribution in [3.05, 3.63) is 29.8 Å². The third-order valence-electron chi connectivity index (χ3n) is 1.49. The number of hydrazone groups is 1. The fourth-order valence-electron chi connectivity index (χ4n) is 0.879. The molecule has 6 nitrogen and oxygen atoms in total. The van der Waals surface area contributed by atoms with Crippen molar-refractivity contribution in [1.29, 1.82) is 0 Å². The highest BCUT2D eigenvalue weighted by Gasteiger charge is 2.06. The normalized spacial score (nSPS) is 9.14. The summed E-state index contributed by atoms with van der Waals surface area (Å²) in [5.74, 6) is -0.663. The first-order chi connectivity index (χ1) is 6.61. The van der Waals surface area contributed by atoms with E-state index in [1.54, 1.807) is 24.3 Å². The highest BCUT2D eigenvalue weighted by atomic mass is 16.2. The van der Waals surface area contributed by atoms with Crippen molar-refractivity contribution in [2.24, 2.45) is 16.6 Å². The van der Waals surface area contributed by atoms with Gasteiger partial charge in [-0.1, -0.05) is 12.1 Å². The molecule has 1 rings (SSSR count). The van der Waals surface area contributed by atoms with Gasteiger partial charge in [-0.2, -0.15) is 0 Å². The average molecular weight is 193 g/mol. The Hall–Kier alpha value is -2.24. The number of rotatable bonds is 2. The maximum atomic E-state index is 11.4. The van der Waals surface area contributed by atoms with Crippen molar-refractivity contribution in [3.63, 3.8) is 0 Å². The zero-order chi connectivity index (χ0) is 10.6. The van der Waals surface area contributed by atoms with Crippen LogP contribution in [0, 0.1) is 0 Å². The number of amides is 1. The summed E-state index contributed by atoms with van der Waals surface area (Å²) in [5, 5.41) is 3.36. The Labute approximate surface area is 80.8 Å². The Morgan fingerprint density at radius 3 is 2.50 bits per heavy atom. The number of carbonyl (C=O) groups excluding carboxylic acids is 1. The van der Waals surface area contributed by atoms with Crippen LogP contribution >= 0.6 is 0 Å². The Morgan fingerprint density at radius 2 is 1.93 bits per heavy atom. The van der Waals surface area contributed by atoms with E-state index < -0.39 is 5.91 Å². The first-order valence-corrected chi connectivity index (χ1v) is 3.84. The lowest BCUT2D eigenvalue weighted by atomic mass is 10.2. The second kappa shape index (κ2) is 4.13. The molecule has 6 heteroatoms. The summed E-state index contributed by atoms with van der Waals surface area (Å²) in [6, 6.07) is 6.62. The van der Waals surface area contributed by atoms with Crippen LogP contribution in [0.1, 0.15) is 10.4 Å². The van der Waals surface area contributed by atoms with Gasteiger partial charge >= 0.3 is 0 Å². The summed E-state index contributed by atoms with van der Waals surface area (Å²) in [6.45, 7) is 0. The van der Waals surface area contributed by atoms with Crippen LogP contribution in [0.3, 0.4) is 0 Å². The second-order valence-corrected chi connectivity index (χ2v) is 2.56. The quantitative estimate of drug-likeness (QED) is 0.212. The number of hydrogen-bond donors (Lipinski definition) is 4. The number of nitrogens with two attached hydrogens (primary N) is 3. The van der Waals surface area contributed by atoms with Crippen LogP contribution in [0.25, 0.3) is 0 Å². The largest absolute Gasteiger partial charge is 0.398 e. The van der Waals surface area contributed by atoms with E-state index in [1.165, 1.54) is 0 Å². The lowest BCUT2D eigenvalue weighted by Gasteiger charge is -2.02. The molecule has 0 saturated heterocycles. The molecule has 0 aliphatic carbocycles. The molecule has 0 atom stereocenters. The highest BCUT2D eigenvalue weighted by Crippen LogP contribution is 2.09. The minimum Gasteiger partial charge on any atom is -0.398 e. The van der Waals surface area contributed by atoms with Gasteiger partial charge in [0.25, 0.3) is 5.91 Å². The van der Waals surface area contributed by atoms with Gasteiger partial charge in [0.2, 0.25) is 5.96 Å². The molecule has 14 heavy (non-hydrogen) atoms. The summed E-state index contributed by atoms with van der Waals surface area (Å²) in [7, 11) is 0. The molecule has 0 aromatic heterocycles. The zero-order valence-corrected chi connectivity index (χ0v) is 7.40. The summed E-state index contributed by atoms with van der Waals surface area (Å²) in [4.78, 5) is 11.4. The monoisotopic (exact) mass is 193 g/mol. The average Bonchev–Trinajstić information content (AvgIpc) is 2.15. The standard InChI is InChI=1S/C8H11N5O/c9-6-4-2-1-3-5(6)7(14)12-13-8(10)11/h1-4H,9H2,(H,12,14)(H4,10,11,13). The molecule has 1 aromatic carbocycles. The Kier molecular flexibility index (Phi) is 2.90. The van der Waals surface area contributed by atoms with E-state index >= 15 is 0 Å². The molecule has 0 unspecified atom stereocenters. The first-order valence-electron chi connectivity index (χ1n) is 3.84. The number of carbonyl (C=O) groups is 1. The number of nitrogens with one attached hydrogen (secondary N) is 1. The summed E-state index contributed by atoms with van der Waals surface area (Å²) < 4.78 is 0. The van der Waals surface area contributed by atoms with Gasteiger partial charge in [0.1, 0.15) is 0 Å². The van der Waals surface area contributed by atoms with Crippen LogP contribution in [-0.4, -0.2) is 11.9 Å². The van der Waals surface area contributed by atoms with E-state index in [2.05, 4.69) is 10.5 Å². The Morgan fingerprint density at radius 1 is 1.29 bits per heavy atom. The molecule has 1 amide bonds. The topological polar surface area (TPSA) is 120 Å². The van der Waals surface area contributed by atoms with Crippen LogP contribution in [-0.2, 0) is 0 Å². The minimum atomic E-state index is -0.448. The van der Waals surface area contributed by atoms with E-state index in [0.29, 0.717) is 11.3 Å². The zero-order valence-electron chi connectivity index (χ0n) is 7.40. The van der Waals surface area contributed by atoms with E-state index in [9.17, 15) is 4.79 Å². The molecular formula is C8H11N5O. The fourth-order valence-corrected chi connectivity index (χ4v) is 0.879. The van der Waals surface area contributed by atoms with Crippen molar-refractivity contribution >= 4 is 17.6 Å². The molecule has 0 aliphatic rings. The van der Waals surface area contributed by atoms with Crippen LogP contribution < -0.4 is 22.6 Å². The van der Waals surface area contributed by atoms with Gasteiger partial charge in [0.05, 0.1) is 5.56 Å².